The summed E-state index contributed by atoms with van der Waals surface area (Å²) >= 11 is 0. The van der Waals surface area contributed by atoms with E-state index < -0.39 is 28.3 Å². The van der Waals surface area contributed by atoms with E-state index in [2.05, 4.69) is 10.3 Å². The number of carbonyl (C=O) groups excluding carboxylic acids is 1. The summed E-state index contributed by atoms with van der Waals surface area (Å²) in [6.45, 7) is 0.0749. The van der Waals surface area contributed by atoms with Gasteiger partial charge in [-0.25, -0.2) is 4.98 Å². The van der Waals surface area contributed by atoms with Gasteiger partial charge in [0.2, 0.25) is 5.82 Å². The summed E-state index contributed by atoms with van der Waals surface area (Å²) in [5.74, 6) is -2.17. The minimum Gasteiger partial charge on any atom is -0.364 e. The minimum absolute atomic E-state index is 0.0550. The highest BCUT2D eigenvalue weighted by molar-refractivity contribution is 5.81. The van der Waals surface area contributed by atoms with Crippen LogP contribution < -0.4 is 10.9 Å². The molecule has 1 N–H and O–H groups in total. The largest absolute Gasteiger partial charge is 0.471 e. The Morgan fingerprint density at radius 3 is 2.61 bits per heavy atom. The molecule has 150 valence electrons. The maximum absolute atomic E-state index is 12.5. The number of rotatable bonds is 4. The summed E-state index contributed by atoms with van der Waals surface area (Å²) < 4.78 is 38.5. The van der Waals surface area contributed by atoms with Crippen molar-refractivity contribution in [2.24, 2.45) is 5.92 Å². The van der Waals surface area contributed by atoms with Crippen LogP contribution in [0.3, 0.4) is 0 Å². The van der Waals surface area contributed by atoms with Crippen LogP contribution in [0.4, 0.5) is 24.7 Å². The van der Waals surface area contributed by atoms with Gasteiger partial charge in [0.25, 0.3) is 0 Å². The minimum atomic E-state index is -4.90. The number of carbonyl (C=O) groups is 1. The Labute approximate surface area is 155 Å². The van der Waals surface area contributed by atoms with Crippen LogP contribution in [0.15, 0.2) is 29.2 Å². The number of piperidine rings is 1. The Hall–Kier alpha value is -3.18. The van der Waals surface area contributed by atoms with Gasteiger partial charge in [-0.15, -0.1) is 0 Å². The molecule has 1 aliphatic rings. The number of nitro groups is 1. The average molecular weight is 399 g/mol. The van der Waals surface area contributed by atoms with Gasteiger partial charge >= 0.3 is 23.3 Å². The number of hydrogen-bond donors (Lipinski definition) is 1. The number of alkyl halides is 3. The van der Waals surface area contributed by atoms with Crippen molar-refractivity contribution >= 4 is 23.1 Å². The van der Waals surface area contributed by atoms with Crippen molar-refractivity contribution < 1.29 is 22.9 Å². The third kappa shape index (κ3) is 3.89. The van der Waals surface area contributed by atoms with Crippen LogP contribution >= 0.6 is 0 Å². The molecule has 0 aromatic carbocycles. The third-order valence-corrected chi connectivity index (χ3v) is 4.60. The lowest BCUT2D eigenvalue weighted by molar-refractivity contribution is -0.385. The molecule has 9 nitrogen and oxygen atoms in total. The van der Waals surface area contributed by atoms with Crippen LogP contribution in [0.2, 0.25) is 0 Å². The molecule has 0 bridgehead atoms. The molecule has 1 amide bonds. The van der Waals surface area contributed by atoms with Gasteiger partial charge in [-0.3, -0.25) is 24.1 Å². The summed E-state index contributed by atoms with van der Waals surface area (Å²) in [7, 11) is 0. The van der Waals surface area contributed by atoms with E-state index in [1.165, 1.54) is 12.3 Å². The number of aromatic nitrogens is 2. The summed E-state index contributed by atoms with van der Waals surface area (Å²) in [6.07, 6.45) is -2.93. The molecule has 28 heavy (non-hydrogen) atoms. The molecule has 1 saturated heterocycles. The summed E-state index contributed by atoms with van der Waals surface area (Å²) in [5, 5.41) is 14.1. The number of nitrogens with one attached hydrogen (secondary N) is 1. The second-order valence-corrected chi connectivity index (χ2v) is 6.41. The molecule has 0 spiro atoms. The van der Waals surface area contributed by atoms with Crippen LogP contribution in [0, 0.1) is 16.0 Å². The van der Waals surface area contributed by atoms with Crippen molar-refractivity contribution in [3.8, 4) is 0 Å². The molecule has 0 saturated carbocycles. The lowest BCUT2D eigenvalue weighted by Gasteiger charge is -2.32. The van der Waals surface area contributed by atoms with Gasteiger partial charge in [0.1, 0.15) is 5.65 Å². The second kappa shape index (κ2) is 7.44. The fraction of sp³-hybridized carbons (Fsp3) is 0.438. The fourth-order valence-electron chi connectivity index (χ4n) is 3.13. The number of likely N-dealkylation sites (tertiary alicyclic amines) is 1. The Kier molecular flexibility index (Phi) is 5.21. The predicted molar refractivity (Wildman–Crippen MR) is 92.0 cm³/mol. The van der Waals surface area contributed by atoms with Crippen LogP contribution in [0.5, 0.6) is 0 Å². The number of anilines is 1. The molecule has 2 aromatic rings. The van der Waals surface area contributed by atoms with Crippen molar-refractivity contribution in [2.75, 3.05) is 25.0 Å². The highest BCUT2D eigenvalue weighted by Gasteiger charge is 2.43. The molecule has 0 radical (unpaired) electrons. The van der Waals surface area contributed by atoms with Crippen molar-refractivity contribution in [3.05, 3.63) is 44.9 Å². The van der Waals surface area contributed by atoms with Gasteiger partial charge in [-0.1, -0.05) is 6.07 Å². The summed E-state index contributed by atoms with van der Waals surface area (Å²) in [6, 6.07) is 4.70. The number of halogens is 3. The van der Waals surface area contributed by atoms with Crippen molar-refractivity contribution in [1.82, 2.24) is 14.3 Å². The molecule has 0 aliphatic carbocycles. The summed E-state index contributed by atoms with van der Waals surface area (Å²) in [4.78, 5) is 39.0. The maximum Gasteiger partial charge on any atom is 0.471 e. The van der Waals surface area contributed by atoms with Crippen molar-refractivity contribution in [1.29, 1.82) is 0 Å². The second-order valence-electron chi connectivity index (χ2n) is 6.41. The van der Waals surface area contributed by atoms with E-state index in [0.717, 1.165) is 9.30 Å². The van der Waals surface area contributed by atoms with E-state index in [0.29, 0.717) is 12.8 Å². The molecule has 1 aliphatic heterocycles. The topological polar surface area (TPSA) is 110 Å². The fourth-order valence-corrected chi connectivity index (χ4v) is 3.13. The molecule has 0 atom stereocenters. The van der Waals surface area contributed by atoms with Crippen LogP contribution in [-0.4, -0.2) is 50.9 Å². The van der Waals surface area contributed by atoms with E-state index in [1.54, 1.807) is 12.1 Å². The average Bonchev–Trinajstić information content (AvgIpc) is 2.65. The Bertz CT molecular complexity index is 967. The molecular formula is C16H16F3N5O4. The SMILES string of the molecule is O=C(N1CCC(CNc2nc3ccccn3c(=O)c2[N+](=O)[O-])CC1)C(F)(F)F. The zero-order valence-electron chi connectivity index (χ0n) is 14.5. The van der Waals surface area contributed by atoms with Gasteiger partial charge in [-0.05, 0) is 30.9 Å². The molecule has 3 rings (SSSR count). The zero-order chi connectivity index (χ0) is 20.5. The standard InChI is InChI=1S/C16H16F3N5O4/c17-16(18,19)15(26)22-7-4-10(5-8-22)9-20-13-12(24(27)28)14(25)23-6-2-1-3-11(23)21-13/h1-3,6,10,20H,4-5,7-9H2. The van der Waals surface area contributed by atoms with E-state index in [1.807, 2.05) is 0 Å². The monoisotopic (exact) mass is 399 g/mol. The number of fused-ring (bicyclic) bond motifs is 1. The number of pyridine rings is 1. The van der Waals surface area contributed by atoms with Gasteiger partial charge < -0.3 is 10.2 Å². The zero-order valence-corrected chi connectivity index (χ0v) is 14.5. The van der Waals surface area contributed by atoms with E-state index in [-0.39, 0.29) is 37.0 Å². The first-order valence-electron chi connectivity index (χ1n) is 8.44. The predicted octanol–water partition coefficient (Wildman–Crippen LogP) is 1.82. The molecule has 1 fully saturated rings. The van der Waals surface area contributed by atoms with Crippen LogP contribution in [-0.2, 0) is 4.79 Å². The van der Waals surface area contributed by atoms with E-state index in [9.17, 15) is 32.9 Å². The van der Waals surface area contributed by atoms with E-state index in [4.69, 9.17) is 0 Å². The Morgan fingerprint density at radius 1 is 1.32 bits per heavy atom. The maximum atomic E-state index is 12.5. The summed E-state index contributed by atoms with van der Waals surface area (Å²) in [5.41, 5.74) is -1.30. The molecule has 3 heterocycles. The van der Waals surface area contributed by atoms with Gasteiger partial charge in [0.15, 0.2) is 0 Å². The normalized spacial score (nSPS) is 15.6. The molecular weight excluding hydrogens is 383 g/mol. The molecule has 12 heteroatoms. The molecule has 2 aromatic heterocycles. The third-order valence-electron chi connectivity index (χ3n) is 4.60. The number of hydrogen-bond acceptors (Lipinski definition) is 6. The highest BCUT2D eigenvalue weighted by atomic mass is 19.4. The van der Waals surface area contributed by atoms with Crippen LogP contribution in [0.1, 0.15) is 12.8 Å². The Balaban J connectivity index is 1.71. The smallest absolute Gasteiger partial charge is 0.364 e. The van der Waals surface area contributed by atoms with Crippen molar-refractivity contribution in [2.45, 2.75) is 19.0 Å². The van der Waals surface area contributed by atoms with Crippen LogP contribution in [0.25, 0.3) is 5.65 Å². The highest BCUT2D eigenvalue weighted by Crippen LogP contribution is 2.25. The van der Waals surface area contributed by atoms with Crippen molar-refractivity contribution in [3.63, 3.8) is 0 Å². The lowest BCUT2D eigenvalue weighted by atomic mass is 9.96. The number of amides is 1. The molecule has 0 unspecified atom stereocenters. The quantitative estimate of drug-likeness (QED) is 0.620. The van der Waals surface area contributed by atoms with Gasteiger partial charge in [0.05, 0.1) is 4.92 Å². The van der Waals surface area contributed by atoms with Gasteiger partial charge in [0, 0.05) is 25.8 Å². The first kappa shape index (κ1) is 19.6. The first-order chi connectivity index (χ1) is 13.2. The van der Waals surface area contributed by atoms with E-state index >= 15 is 0 Å². The number of nitrogens with zero attached hydrogens (tertiary/aromatic N) is 4. The lowest BCUT2D eigenvalue weighted by Crippen LogP contribution is -2.46. The first-order valence-corrected chi connectivity index (χ1v) is 8.44. The van der Waals surface area contributed by atoms with Gasteiger partial charge in [-0.2, -0.15) is 13.2 Å². The Morgan fingerprint density at radius 2 is 2.00 bits per heavy atom.